The van der Waals surface area contributed by atoms with E-state index < -0.39 is 0 Å². The summed E-state index contributed by atoms with van der Waals surface area (Å²) < 4.78 is 0. The molecule has 112 valence electrons. The Kier molecular flexibility index (Phi) is 5.61. The summed E-state index contributed by atoms with van der Waals surface area (Å²) in [6.07, 6.45) is 2.39. The SMILES string of the molecule is Cc1ccc(C(=O)NCCCN2C[C@H](C)C[C@@H](C)C2)s1. The van der Waals surface area contributed by atoms with Crippen LogP contribution in [0.2, 0.25) is 0 Å². The Morgan fingerprint density at radius 2 is 2.05 bits per heavy atom. The summed E-state index contributed by atoms with van der Waals surface area (Å²) in [5, 5.41) is 3.02. The van der Waals surface area contributed by atoms with E-state index in [0.717, 1.165) is 36.2 Å². The third-order valence-corrected chi connectivity index (χ3v) is 4.84. The van der Waals surface area contributed by atoms with Gasteiger partial charge in [-0.3, -0.25) is 4.79 Å². The molecule has 1 aliphatic heterocycles. The van der Waals surface area contributed by atoms with Crippen LogP contribution in [0.1, 0.15) is 41.2 Å². The van der Waals surface area contributed by atoms with E-state index >= 15 is 0 Å². The minimum absolute atomic E-state index is 0.0727. The first-order chi connectivity index (χ1) is 9.54. The molecule has 0 aromatic carbocycles. The average molecular weight is 294 g/mol. The van der Waals surface area contributed by atoms with Gasteiger partial charge < -0.3 is 10.2 Å². The Morgan fingerprint density at radius 1 is 1.35 bits per heavy atom. The second-order valence-corrected chi connectivity index (χ2v) is 7.51. The zero-order valence-electron chi connectivity index (χ0n) is 12.8. The fourth-order valence-corrected chi connectivity index (χ4v) is 3.91. The summed E-state index contributed by atoms with van der Waals surface area (Å²) in [4.78, 5) is 16.4. The van der Waals surface area contributed by atoms with E-state index in [1.54, 1.807) is 11.3 Å². The van der Waals surface area contributed by atoms with Gasteiger partial charge in [-0.05, 0) is 50.3 Å². The lowest BCUT2D eigenvalue weighted by Gasteiger charge is -2.34. The Hall–Kier alpha value is -0.870. The number of hydrogen-bond acceptors (Lipinski definition) is 3. The monoisotopic (exact) mass is 294 g/mol. The van der Waals surface area contributed by atoms with Gasteiger partial charge in [0.25, 0.3) is 5.91 Å². The van der Waals surface area contributed by atoms with Crippen molar-refractivity contribution >= 4 is 17.2 Å². The summed E-state index contributed by atoms with van der Waals surface area (Å²) in [6, 6.07) is 3.90. The second-order valence-electron chi connectivity index (χ2n) is 6.23. The number of hydrogen-bond donors (Lipinski definition) is 1. The van der Waals surface area contributed by atoms with Crippen molar-refractivity contribution in [1.29, 1.82) is 0 Å². The van der Waals surface area contributed by atoms with Crippen LogP contribution in [-0.4, -0.2) is 37.0 Å². The molecule has 3 nitrogen and oxygen atoms in total. The minimum atomic E-state index is 0.0727. The quantitative estimate of drug-likeness (QED) is 0.846. The maximum Gasteiger partial charge on any atom is 0.261 e. The summed E-state index contributed by atoms with van der Waals surface area (Å²) >= 11 is 1.56. The molecule has 0 aliphatic carbocycles. The first kappa shape index (κ1) is 15.5. The molecule has 4 heteroatoms. The van der Waals surface area contributed by atoms with E-state index in [4.69, 9.17) is 0 Å². The van der Waals surface area contributed by atoms with Gasteiger partial charge in [-0.2, -0.15) is 0 Å². The molecular formula is C16H26N2OS. The zero-order valence-corrected chi connectivity index (χ0v) is 13.6. The normalized spacial score (nSPS) is 23.8. The predicted octanol–water partition coefficient (Wildman–Crippen LogP) is 3.15. The number of likely N-dealkylation sites (tertiary alicyclic amines) is 1. The smallest absolute Gasteiger partial charge is 0.261 e. The van der Waals surface area contributed by atoms with Crippen molar-refractivity contribution < 1.29 is 4.79 Å². The Morgan fingerprint density at radius 3 is 2.65 bits per heavy atom. The predicted molar refractivity (Wildman–Crippen MR) is 85.4 cm³/mol. The molecular weight excluding hydrogens is 268 g/mol. The van der Waals surface area contributed by atoms with E-state index in [1.165, 1.54) is 24.4 Å². The van der Waals surface area contributed by atoms with Crippen LogP contribution in [0.15, 0.2) is 12.1 Å². The molecule has 1 aliphatic rings. The number of aryl methyl sites for hydroxylation is 1. The van der Waals surface area contributed by atoms with E-state index in [1.807, 2.05) is 19.1 Å². The molecule has 0 radical (unpaired) electrons. The van der Waals surface area contributed by atoms with Gasteiger partial charge in [0.2, 0.25) is 0 Å². The van der Waals surface area contributed by atoms with Crippen molar-refractivity contribution in [3.05, 3.63) is 21.9 Å². The average Bonchev–Trinajstić information content (AvgIpc) is 2.80. The van der Waals surface area contributed by atoms with Crippen LogP contribution in [0, 0.1) is 18.8 Å². The summed E-state index contributed by atoms with van der Waals surface area (Å²) in [5.41, 5.74) is 0. The van der Waals surface area contributed by atoms with Crippen LogP contribution in [0.3, 0.4) is 0 Å². The molecule has 1 aromatic rings. The van der Waals surface area contributed by atoms with Crippen molar-refractivity contribution in [3.8, 4) is 0 Å². The number of amides is 1. The van der Waals surface area contributed by atoms with E-state index in [9.17, 15) is 4.79 Å². The molecule has 1 amide bonds. The largest absolute Gasteiger partial charge is 0.351 e. The van der Waals surface area contributed by atoms with Crippen molar-refractivity contribution in [2.45, 2.75) is 33.6 Å². The highest BCUT2D eigenvalue weighted by Gasteiger charge is 2.21. The van der Waals surface area contributed by atoms with Crippen LogP contribution in [0.25, 0.3) is 0 Å². The molecule has 2 heterocycles. The molecule has 20 heavy (non-hydrogen) atoms. The third kappa shape index (κ3) is 4.60. The highest BCUT2D eigenvalue weighted by atomic mass is 32.1. The topological polar surface area (TPSA) is 32.3 Å². The maximum atomic E-state index is 11.9. The van der Waals surface area contributed by atoms with Crippen molar-refractivity contribution in [2.24, 2.45) is 11.8 Å². The number of nitrogens with zero attached hydrogens (tertiary/aromatic N) is 1. The number of carbonyl (C=O) groups excluding carboxylic acids is 1. The van der Waals surface area contributed by atoms with Crippen molar-refractivity contribution in [3.63, 3.8) is 0 Å². The first-order valence-electron chi connectivity index (χ1n) is 7.61. The molecule has 1 saturated heterocycles. The standard InChI is InChI=1S/C16H26N2OS/c1-12-9-13(2)11-18(10-12)8-4-7-17-16(19)15-6-5-14(3)20-15/h5-6,12-13H,4,7-11H2,1-3H3,(H,17,19)/t12-,13-/m1/s1. The van der Waals surface area contributed by atoms with E-state index in [-0.39, 0.29) is 5.91 Å². The highest BCUT2D eigenvalue weighted by molar-refractivity contribution is 7.13. The number of piperidine rings is 1. The Bertz CT molecular complexity index is 433. The maximum absolute atomic E-state index is 11.9. The van der Waals surface area contributed by atoms with Gasteiger partial charge >= 0.3 is 0 Å². The molecule has 1 fully saturated rings. The van der Waals surface area contributed by atoms with Crippen molar-refractivity contribution in [1.82, 2.24) is 10.2 Å². The Balaban J connectivity index is 1.65. The van der Waals surface area contributed by atoms with Crippen molar-refractivity contribution in [2.75, 3.05) is 26.2 Å². The van der Waals surface area contributed by atoms with Gasteiger partial charge in [-0.1, -0.05) is 13.8 Å². The van der Waals surface area contributed by atoms with Gasteiger partial charge in [0.05, 0.1) is 4.88 Å². The van der Waals surface area contributed by atoms with Gasteiger partial charge in [0.1, 0.15) is 0 Å². The lowest BCUT2D eigenvalue weighted by Crippen LogP contribution is -2.40. The van der Waals surface area contributed by atoms with Gasteiger partial charge in [0, 0.05) is 24.5 Å². The number of carbonyl (C=O) groups is 1. The molecule has 0 spiro atoms. The molecule has 0 bridgehead atoms. The first-order valence-corrected chi connectivity index (χ1v) is 8.43. The van der Waals surface area contributed by atoms with Crippen LogP contribution in [-0.2, 0) is 0 Å². The van der Waals surface area contributed by atoms with Gasteiger partial charge in [0.15, 0.2) is 0 Å². The molecule has 0 saturated carbocycles. The molecule has 2 rings (SSSR count). The Labute approximate surface area is 126 Å². The summed E-state index contributed by atoms with van der Waals surface area (Å²) in [5.74, 6) is 1.69. The van der Waals surface area contributed by atoms with Gasteiger partial charge in [-0.25, -0.2) is 0 Å². The number of thiophene rings is 1. The van der Waals surface area contributed by atoms with Gasteiger partial charge in [-0.15, -0.1) is 11.3 Å². The van der Waals surface area contributed by atoms with Crippen LogP contribution in [0.4, 0.5) is 0 Å². The molecule has 2 atom stereocenters. The highest BCUT2D eigenvalue weighted by Crippen LogP contribution is 2.20. The number of nitrogens with one attached hydrogen (secondary N) is 1. The molecule has 0 unspecified atom stereocenters. The zero-order chi connectivity index (χ0) is 14.5. The lowest BCUT2D eigenvalue weighted by atomic mass is 9.92. The minimum Gasteiger partial charge on any atom is -0.351 e. The van der Waals surface area contributed by atoms with E-state index in [2.05, 4.69) is 24.1 Å². The molecule has 1 N–H and O–H groups in total. The van der Waals surface area contributed by atoms with Crippen LogP contribution < -0.4 is 5.32 Å². The summed E-state index contributed by atoms with van der Waals surface area (Å²) in [6.45, 7) is 11.0. The van der Waals surface area contributed by atoms with Crippen LogP contribution in [0.5, 0.6) is 0 Å². The van der Waals surface area contributed by atoms with E-state index in [0.29, 0.717) is 0 Å². The fraction of sp³-hybridized carbons (Fsp3) is 0.688. The fourth-order valence-electron chi connectivity index (χ4n) is 3.12. The van der Waals surface area contributed by atoms with Crippen LogP contribution >= 0.6 is 11.3 Å². The lowest BCUT2D eigenvalue weighted by molar-refractivity contribution is 0.0951. The second kappa shape index (κ2) is 7.23. The molecule has 1 aromatic heterocycles. The third-order valence-electron chi connectivity index (χ3n) is 3.85. The summed E-state index contributed by atoms with van der Waals surface area (Å²) in [7, 11) is 0. The number of rotatable bonds is 5.